The average molecular weight is 295 g/mol. The van der Waals surface area contributed by atoms with E-state index < -0.39 is 5.54 Å². The maximum atomic E-state index is 12.0. The highest BCUT2D eigenvalue weighted by atomic mass is 16.1. The van der Waals surface area contributed by atoms with Gasteiger partial charge in [0.2, 0.25) is 5.91 Å². The summed E-state index contributed by atoms with van der Waals surface area (Å²) in [6.07, 6.45) is 6.91. The molecule has 2 aliphatic rings. The van der Waals surface area contributed by atoms with Crippen LogP contribution in [0, 0.1) is 11.8 Å². The van der Waals surface area contributed by atoms with E-state index in [0.717, 1.165) is 44.7 Å². The van der Waals surface area contributed by atoms with Crippen LogP contribution in [0.5, 0.6) is 0 Å². The summed E-state index contributed by atoms with van der Waals surface area (Å²) in [4.78, 5) is 14.7. The number of amides is 1. The van der Waals surface area contributed by atoms with Crippen LogP contribution in [0.4, 0.5) is 0 Å². The topological polar surface area (TPSA) is 58.4 Å². The number of carbonyl (C=O) groups is 1. The predicted octanol–water partition coefficient (Wildman–Crippen LogP) is 2.13. The molecule has 0 aromatic heterocycles. The number of primary amides is 1. The predicted molar refractivity (Wildman–Crippen MR) is 87.0 cm³/mol. The fourth-order valence-electron chi connectivity index (χ4n) is 4.44. The Hall–Kier alpha value is -0.610. The number of nitrogens with two attached hydrogens (primary N) is 1. The molecule has 0 radical (unpaired) electrons. The standard InChI is InChI=1S/C17H33N3O/c1-4-19-17(16(18)21)10-5-6-15(17)9-11-20-12-13(2)7-8-14(20)3/h13-15,19H,4-12H2,1-3H3,(H2,18,21). The second-order valence-electron chi connectivity index (χ2n) is 7.27. The van der Waals surface area contributed by atoms with Crippen molar-refractivity contribution >= 4 is 5.91 Å². The Morgan fingerprint density at radius 3 is 2.76 bits per heavy atom. The smallest absolute Gasteiger partial charge is 0.238 e. The van der Waals surface area contributed by atoms with Crippen LogP contribution in [0.2, 0.25) is 0 Å². The van der Waals surface area contributed by atoms with Crippen LogP contribution in [0.1, 0.15) is 59.3 Å². The maximum Gasteiger partial charge on any atom is 0.238 e. The first-order valence-corrected chi connectivity index (χ1v) is 8.78. The van der Waals surface area contributed by atoms with Crippen LogP contribution in [-0.2, 0) is 4.79 Å². The number of rotatable bonds is 6. The third-order valence-corrected chi connectivity index (χ3v) is 5.76. The van der Waals surface area contributed by atoms with Crippen molar-refractivity contribution in [3.8, 4) is 0 Å². The summed E-state index contributed by atoms with van der Waals surface area (Å²) in [5.74, 6) is 1.06. The molecule has 1 saturated carbocycles. The van der Waals surface area contributed by atoms with E-state index in [2.05, 4.69) is 31.0 Å². The molecule has 0 aromatic carbocycles. The third-order valence-electron chi connectivity index (χ3n) is 5.76. The lowest BCUT2D eigenvalue weighted by Gasteiger charge is -2.39. The van der Waals surface area contributed by atoms with Crippen LogP contribution in [0.25, 0.3) is 0 Å². The largest absolute Gasteiger partial charge is 0.368 e. The van der Waals surface area contributed by atoms with Gasteiger partial charge in [-0.15, -0.1) is 0 Å². The lowest BCUT2D eigenvalue weighted by atomic mass is 9.83. The van der Waals surface area contributed by atoms with Crippen molar-refractivity contribution in [1.82, 2.24) is 10.2 Å². The molecule has 0 aromatic rings. The van der Waals surface area contributed by atoms with E-state index in [-0.39, 0.29) is 5.91 Å². The molecule has 0 spiro atoms. The summed E-state index contributed by atoms with van der Waals surface area (Å²) in [5.41, 5.74) is 5.31. The highest BCUT2D eigenvalue weighted by molar-refractivity contribution is 5.85. The Morgan fingerprint density at radius 2 is 2.10 bits per heavy atom. The van der Waals surface area contributed by atoms with Gasteiger partial charge in [-0.2, -0.15) is 0 Å². The zero-order valence-electron chi connectivity index (χ0n) is 14.0. The number of piperidine rings is 1. The van der Waals surface area contributed by atoms with Crippen molar-refractivity contribution in [2.75, 3.05) is 19.6 Å². The summed E-state index contributed by atoms with van der Waals surface area (Å²) >= 11 is 0. The molecule has 4 unspecified atom stereocenters. The van der Waals surface area contributed by atoms with E-state index in [9.17, 15) is 4.79 Å². The van der Waals surface area contributed by atoms with Crippen LogP contribution in [0.3, 0.4) is 0 Å². The van der Waals surface area contributed by atoms with Crippen molar-refractivity contribution < 1.29 is 4.79 Å². The summed E-state index contributed by atoms with van der Waals surface area (Å²) < 4.78 is 0. The quantitative estimate of drug-likeness (QED) is 0.789. The van der Waals surface area contributed by atoms with Crippen molar-refractivity contribution in [2.45, 2.75) is 70.9 Å². The fraction of sp³-hybridized carbons (Fsp3) is 0.941. The summed E-state index contributed by atoms with van der Waals surface area (Å²) in [6.45, 7) is 9.88. The number of nitrogens with one attached hydrogen (secondary N) is 1. The van der Waals surface area contributed by atoms with Gasteiger partial charge in [0.25, 0.3) is 0 Å². The van der Waals surface area contributed by atoms with Gasteiger partial charge in [0.15, 0.2) is 0 Å². The molecular weight excluding hydrogens is 262 g/mol. The molecule has 1 saturated heterocycles. The van der Waals surface area contributed by atoms with E-state index in [1.807, 2.05) is 0 Å². The minimum Gasteiger partial charge on any atom is -0.368 e. The number of carbonyl (C=O) groups excluding carboxylic acids is 1. The lowest BCUT2D eigenvalue weighted by molar-refractivity contribution is -0.126. The monoisotopic (exact) mass is 295 g/mol. The SMILES string of the molecule is CCNC1(C(N)=O)CCCC1CCN1CC(C)CCC1C. The normalized spacial score (nSPS) is 37.8. The molecule has 0 bridgehead atoms. The Kier molecular flexibility index (Phi) is 5.67. The zero-order chi connectivity index (χ0) is 15.5. The molecule has 4 heteroatoms. The van der Waals surface area contributed by atoms with Gasteiger partial charge in [0.1, 0.15) is 5.54 Å². The van der Waals surface area contributed by atoms with Gasteiger partial charge in [0, 0.05) is 12.6 Å². The Morgan fingerprint density at radius 1 is 1.33 bits per heavy atom. The number of hydrogen-bond acceptors (Lipinski definition) is 3. The van der Waals surface area contributed by atoms with Crippen molar-refractivity contribution in [3.63, 3.8) is 0 Å². The molecule has 21 heavy (non-hydrogen) atoms. The first kappa shape index (κ1) is 16.8. The molecule has 1 heterocycles. The van der Waals surface area contributed by atoms with Crippen molar-refractivity contribution in [1.29, 1.82) is 0 Å². The Labute approximate surface area is 129 Å². The average Bonchev–Trinajstić information content (AvgIpc) is 2.84. The summed E-state index contributed by atoms with van der Waals surface area (Å²) in [5, 5.41) is 3.42. The number of hydrogen-bond donors (Lipinski definition) is 2. The van der Waals surface area contributed by atoms with Gasteiger partial charge in [-0.3, -0.25) is 4.79 Å². The molecule has 1 aliphatic carbocycles. The molecule has 4 nitrogen and oxygen atoms in total. The van der Waals surface area contributed by atoms with Gasteiger partial charge in [-0.05, 0) is 64.0 Å². The number of likely N-dealkylation sites (N-methyl/N-ethyl adjacent to an activating group) is 1. The van der Waals surface area contributed by atoms with Gasteiger partial charge in [0.05, 0.1) is 0 Å². The van der Waals surface area contributed by atoms with Gasteiger partial charge in [-0.1, -0.05) is 20.3 Å². The molecule has 122 valence electrons. The van der Waals surface area contributed by atoms with E-state index in [1.165, 1.54) is 19.4 Å². The highest BCUT2D eigenvalue weighted by Crippen LogP contribution is 2.38. The van der Waals surface area contributed by atoms with Crippen LogP contribution < -0.4 is 11.1 Å². The number of nitrogens with zero attached hydrogens (tertiary/aromatic N) is 1. The van der Waals surface area contributed by atoms with Gasteiger partial charge in [-0.25, -0.2) is 0 Å². The van der Waals surface area contributed by atoms with E-state index in [0.29, 0.717) is 12.0 Å². The molecular formula is C17H33N3O. The highest BCUT2D eigenvalue weighted by Gasteiger charge is 2.46. The van der Waals surface area contributed by atoms with Crippen molar-refractivity contribution in [3.05, 3.63) is 0 Å². The molecule has 2 rings (SSSR count). The molecule has 1 amide bonds. The van der Waals surface area contributed by atoms with Gasteiger partial charge < -0.3 is 16.0 Å². The second-order valence-corrected chi connectivity index (χ2v) is 7.27. The van der Waals surface area contributed by atoms with Crippen LogP contribution in [-0.4, -0.2) is 42.0 Å². The molecule has 3 N–H and O–H groups in total. The maximum absolute atomic E-state index is 12.0. The minimum absolute atomic E-state index is 0.146. The Bertz CT molecular complexity index is 360. The van der Waals surface area contributed by atoms with E-state index >= 15 is 0 Å². The zero-order valence-corrected chi connectivity index (χ0v) is 14.0. The Balaban J connectivity index is 1.96. The fourth-order valence-corrected chi connectivity index (χ4v) is 4.44. The minimum atomic E-state index is -0.445. The van der Waals surface area contributed by atoms with Crippen LogP contribution >= 0.6 is 0 Å². The second kappa shape index (κ2) is 7.10. The third kappa shape index (κ3) is 3.59. The summed E-state index contributed by atoms with van der Waals surface area (Å²) in [7, 11) is 0. The van der Waals surface area contributed by atoms with E-state index in [4.69, 9.17) is 5.73 Å². The summed E-state index contributed by atoms with van der Waals surface area (Å²) in [6, 6.07) is 0.685. The molecule has 2 fully saturated rings. The van der Waals surface area contributed by atoms with Gasteiger partial charge >= 0.3 is 0 Å². The molecule has 1 aliphatic heterocycles. The molecule has 4 atom stereocenters. The van der Waals surface area contributed by atoms with E-state index in [1.54, 1.807) is 0 Å². The number of likely N-dealkylation sites (tertiary alicyclic amines) is 1. The first-order chi connectivity index (χ1) is 9.99. The van der Waals surface area contributed by atoms with Crippen molar-refractivity contribution in [2.24, 2.45) is 17.6 Å². The first-order valence-electron chi connectivity index (χ1n) is 8.78. The lowest BCUT2D eigenvalue weighted by Crippen LogP contribution is -2.58. The van der Waals surface area contributed by atoms with Crippen LogP contribution in [0.15, 0.2) is 0 Å².